The lowest BCUT2D eigenvalue weighted by Gasteiger charge is -2.09. The molecule has 1 amide bonds. The van der Waals surface area contributed by atoms with E-state index < -0.39 is 40.2 Å². The van der Waals surface area contributed by atoms with Gasteiger partial charge in [-0.2, -0.15) is 0 Å². The molecule has 0 aliphatic heterocycles. The summed E-state index contributed by atoms with van der Waals surface area (Å²) in [6.07, 6.45) is 0.876. The van der Waals surface area contributed by atoms with E-state index in [0.717, 1.165) is 23.9 Å². The SMILES string of the molecule is COC(=O)c1cc([N+](=O)[O-])cn(CC(=O)Nc2ccccc2Cl)c1=O. The second kappa shape index (κ2) is 7.58. The molecule has 1 heterocycles. The standard InChI is InChI=1S/C15H12ClN3O6/c1-25-15(22)10-6-9(19(23)24)7-18(14(10)21)8-13(20)17-12-5-3-2-4-11(12)16/h2-7H,8H2,1H3,(H,17,20). The number of amides is 1. The molecular weight excluding hydrogens is 354 g/mol. The van der Waals surface area contributed by atoms with Crippen LogP contribution in [0.3, 0.4) is 0 Å². The Balaban J connectivity index is 2.35. The van der Waals surface area contributed by atoms with Gasteiger partial charge in [-0.05, 0) is 12.1 Å². The summed E-state index contributed by atoms with van der Waals surface area (Å²) in [7, 11) is 1.04. The van der Waals surface area contributed by atoms with Crippen LogP contribution < -0.4 is 10.9 Å². The normalized spacial score (nSPS) is 10.2. The van der Waals surface area contributed by atoms with Crippen molar-refractivity contribution in [2.24, 2.45) is 0 Å². The number of hydrogen-bond donors (Lipinski definition) is 1. The first-order chi connectivity index (χ1) is 11.8. The summed E-state index contributed by atoms with van der Waals surface area (Å²) >= 11 is 5.92. The molecule has 130 valence electrons. The van der Waals surface area contributed by atoms with Gasteiger partial charge < -0.3 is 10.1 Å². The number of carbonyl (C=O) groups is 2. The van der Waals surface area contributed by atoms with E-state index in [1.807, 2.05) is 0 Å². The first kappa shape index (κ1) is 18.1. The van der Waals surface area contributed by atoms with Crippen molar-refractivity contribution in [3.63, 3.8) is 0 Å². The Hall–Kier alpha value is -3.20. The molecule has 0 aliphatic rings. The van der Waals surface area contributed by atoms with Gasteiger partial charge in [0, 0.05) is 6.07 Å². The number of methoxy groups -OCH3 is 1. The summed E-state index contributed by atoms with van der Waals surface area (Å²) in [5.41, 5.74) is -1.62. The van der Waals surface area contributed by atoms with Gasteiger partial charge in [0.05, 0.1) is 28.9 Å². The lowest BCUT2D eigenvalue weighted by atomic mass is 10.2. The van der Waals surface area contributed by atoms with Gasteiger partial charge >= 0.3 is 5.97 Å². The van der Waals surface area contributed by atoms with Crippen LogP contribution in [0.25, 0.3) is 0 Å². The molecule has 0 radical (unpaired) electrons. The maximum atomic E-state index is 12.2. The predicted octanol–water partition coefficient (Wildman–Crippen LogP) is 1.84. The van der Waals surface area contributed by atoms with E-state index in [1.54, 1.807) is 24.3 Å². The number of para-hydroxylation sites is 1. The van der Waals surface area contributed by atoms with Gasteiger partial charge in [0.25, 0.3) is 11.2 Å². The molecule has 1 aromatic carbocycles. The van der Waals surface area contributed by atoms with Crippen LogP contribution in [-0.4, -0.2) is 28.5 Å². The molecule has 2 aromatic rings. The minimum absolute atomic E-state index is 0.289. The highest BCUT2D eigenvalue weighted by Crippen LogP contribution is 2.20. The van der Waals surface area contributed by atoms with Gasteiger partial charge in [0.2, 0.25) is 5.91 Å². The number of pyridine rings is 1. The van der Waals surface area contributed by atoms with E-state index in [-0.39, 0.29) is 5.02 Å². The molecule has 1 aromatic heterocycles. The van der Waals surface area contributed by atoms with Crippen molar-refractivity contribution in [3.05, 3.63) is 67.6 Å². The largest absolute Gasteiger partial charge is 0.465 e. The minimum Gasteiger partial charge on any atom is -0.465 e. The number of halogens is 1. The summed E-state index contributed by atoms with van der Waals surface area (Å²) in [6.45, 7) is -0.546. The molecule has 1 N–H and O–H groups in total. The Morgan fingerprint density at radius 2 is 2.04 bits per heavy atom. The maximum Gasteiger partial charge on any atom is 0.343 e. The number of aromatic nitrogens is 1. The summed E-state index contributed by atoms with van der Waals surface area (Å²) in [5.74, 6) is -1.68. The van der Waals surface area contributed by atoms with Gasteiger partial charge in [-0.25, -0.2) is 4.79 Å². The molecule has 0 aliphatic carbocycles. The Labute approximate surface area is 145 Å². The monoisotopic (exact) mass is 365 g/mol. The minimum atomic E-state index is -1.03. The van der Waals surface area contributed by atoms with Crippen molar-refractivity contribution in [2.45, 2.75) is 6.54 Å². The first-order valence-electron chi connectivity index (χ1n) is 6.85. The third-order valence-electron chi connectivity index (χ3n) is 3.15. The van der Waals surface area contributed by atoms with Crippen LogP contribution in [0.4, 0.5) is 11.4 Å². The Bertz CT molecular complexity index is 908. The van der Waals surface area contributed by atoms with Crippen molar-refractivity contribution in [3.8, 4) is 0 Å². The lowest BCUT2D eigenvalue weighted by Crippen LogP contribution is -2.31. The van der Waals surface area contributed by atoms with Gasteiger partial charge in [-0.3, -0.25) is 24.3 Å². The van der Waals surface area contributed by atoms with E-state index in [1.165, 1.54) is 0 Å². The van der Waals surface area contributed by atoms with Crippen LogP contribution in [-0.2, 0) is 16.1 Å². The van der Waals surface area contributed by atoms with Crippen molar-refractivity contribution < 1.29 is 19.2 Å². The summed E-state index contributed by atoms with van der Waals surface area (Å²) in [4.78, 5) is 46.1. The fourth-order valence-electron chi connectivity index (χ4n) is 2.00. The Morgan fingerprint density at radius 1 is 1.36 bits per heavy atom. The number of rotatable bonds is 5. The van der Waals surface area contributed by atoms with E-state index in [9.17, 15) is 24.5 Å². The van der Waals surface area contributed by atoms with E-state index in [0.29, 0.717) is 5.69 Å². The third kappa shape index (κ3) is 4.21. The van der Waals surface area contributed by atoms with Crippen molar-refractivity contribution in [1.29, 1.82) is 0 Å². The number of esters is 1. The number of hydrogen-bond acceptors (Lipinski definition) is 6. The first-order valence-corrected chi connectivity index (χ1v) is 7.23. The number of ether oxygens (including phenoxy) is 1. The summed E-state index contributed by atoms with van der Waals surface area (Å²) in [5, 5.41) is 13.7. The molecule has 0 unspecified atom stereocenters. The molecule has 0 bridgehead atoms. The number of anilines is 1. The Kier molecular flexibility index (Phi) is 5.50. The average molecular weight is 366 g/mol. The molecule has 0 saturated carbocycles. The zero-order chi connectivity index (χ0) is 18.6. The van der Waals surface area contributed by atoms with Crippen LogP contribution >= 0.6 is 11.6 Å². The number of nitrogens with one attached hydrogen (secondary N) is 1. The molecule has 0 atom stereocenters. The predicted molar refractivity (Wildman–Crippen MR) is 88.8 cm³/mol. The molecule has 10 heteroatoms. The van der Waals surface area contributed by atoms with Crippen LogP contribution in [0.2, 0.25) is 5.02 Å². The van der Waals surface area contributed by atoms with Crippen LogP contribution in [0.5, 0.6) is 0 Å². The summed E-state index contributed by atoms with van der Waals surface area (Å²) in [6, 6.07) is 7.24. The second-order valence-corrected chi connectivity index (χ2v) is 5.23. The number of nitro groups is 1. The van der Waals surface area contributed by atoms with E-state index in [4.69, 9.17) is 11.6 Å². The highest BCUT2D eigenvalue weighted by atomic mass is 35.5. The van der Waals surface area contributed by atoms with Gasteiger partial charge in [0.15, 0.2) is 0 Å². The smallest absolute Gasteiger partial charge is 0.343 e. The van der Waals surface area contributed by atoms with Crippen molar-refractivity contribution in [1.82, 2.24) is 4.57 Å². The highest BCUT2D eigenvalue weighted by Gasteiger charge is 2.20. The van der Waals surface area contributed by atoms with Gasteiger partial charge in [-0.1, -0.05) is 23.7 Å². The topological polar surface area (TPSA) is 121 Å². The Morgan fingerprint density at radius 3 is 2.64 bits per heavy atom. The van der Waals surface area contributed by atoms with Gasteiger partial charge in [0.1, 0.15) is 12.1 Å². The van der Waals surface area contributed by atoms with Crippen LogP contribution in [0, 0.1) is 10.1 Å². The molecular formula is C15H12ClN3O6. The molecule has 0 saturated heterocycles. The number of benzene rings is 1. The van der Waals surface area contributed by atoms with Crippen LogP contribution in [0.15, 0.2) is 41.3 Å². The third-order valence-corrected chi connectivity index (χ3v) is 3.48. The van der Waals surface area contributed by atoms with E-state index in [2.05, 4.69) is 10.1 Å². The fraction of sp³-hybridized carbons (Fsp3) is 0.133. The fourth-order valence-corrected chi connectivity index (χ4v) is 2.18. The van der Waals surface area contributed by atoms with E-state index >= 15 is 0 Å². The maximum absolute atomic E-state index is 12.2. The zero-order valence-electron chi connectivity index (χ0n) is 12.9. The van der Waals surface area contributed by atoms with Crippen LogP contribution in [0.1, 0.15) is 10.4 Å². The number of carbonyl (C=O) groups excluding carboxylic acids is 2. The molecule has 9 nitrogen and oxygen atoms in total. The average Bonchev–Trinajstić information content (AvgIpc) is 2.57. The lowest BCUT2D eigenvalue weighted by molar-refractivity contribution is -0.385. The second-order valence-electron chi connectivity index (χ2n) is 4.82. The van der Waals surface area contributed by atoms with Crippen molar-refractivity contribution in [2.75, 3.05) is 12.4 Å². The zero-order valence-corrected chi connectivity index (χ0v) is 13.6. The molecule has 25 heavy (non-hydrogen) atoms. The van der Waals surface area contributed by atoms with Crippen molar-refractivity contribution >= 4 is 34.9 Å². The molecule has 2 rings (SSSR count). The highest BCUT2D eigenvalue weighted by molar-refractivity contribution is 6.33. The van der Waals surface area contributed by atoms with Gasteiger partial charge in [-0.15, -0.1) is 0 Å². The summed E-state index contributed by atoms with van der Waals surface area (Å²) < 4.78 is 5.19. The molecule has 0 spiro atoms. The quantitative estimate of drug-likeness (QED) is 0.490. The number of nitrogens with zero attached hydrogens (tertiary/aromatic N) is 2. The molecule has 0 fully saturated rings.